The Kier molecular flexibility index (Phi) is 2.71. The van der Waals surface area contributed by atoms with Gasteiger partial charge in [0.15, 0.2) is 17.1 Å². The molecule has 0 saturated heterocycles. The maximum Gasteiger partial charge on any atom is 0.387 e. The van der Waals surface area contributed by atoms with Gasteiger partial charge in [0, 0.05) is 0 Å². The molecule has 0 amide bonds. The van der Waals surface area contributed by atoms with Gasteiger partial charge in [0.05, 0.1) is 17.1 Å². The molecule has 0 spiro atoms. The topological polar surface area (TPSA) is 81.0 Å². The number of rotatable bonds is 3. The van der Waals surface area contributed by atoms with E-state index in [9.17, 15) is 8.78 Å². The van der Waals surface area contributed by atoms with Crippen molar-refractivity contribution in [2.75, 3.05) is 0 Å². The van der Waals surface area contributed by atoms with Crippen LogP contribution >= 0.6 is 0 Å². The molecule has 1 N–H and O–H groups in total. The molecule has 3 heterocycles. The first-order valence-electron chi connectivity index (χ1n) is 6.31. The van der Waals surface area contributed by atoms with Crippen LogP contribution in [-0.4, -0.2) is 36.4 Å². The van der Waals surface area contributed by atoms with Crippen LogP contribution in [0.25, 0.3) is 28.1 Å². The number of aromatic amines is 1. The van der Waals surface area contributed by atoms with Gasteiger partial charge in [-0.2, -0.15) is 13.9 Å². The number of hydrogen-bond acceptors (Lipinski definition) is 5. The zero-order chi connectivity index (χ0) is 15.1. The molecule has 110 valence electrons. The Labute approximate surface area is 121 Å². The van der Waals surface area contributed by atoms with Crippen LogP contribution in [0.15, 0.2) is 36.8 Å². The molecular formula is C13H8F2N6O. The van der Waals surface area contributed by atoms with Gasteiger partial charge in [0.1, 0.15) is 12.1 Å². The summed E-state index contributed by atoms with van der Waals surface area (Å²) in [6, 6.07) is 6.36. The molecule has 0 bridgehead atoms. The number of ether oxygens (including phenoxy) is 1. The highest BCUT2D eigenvalue weighted by molar-refractivity contribution is 5.88. The summed E-state index contributed by atoms with van der Waals surface area (Å²) in [6.45, 7) is -2.92. The highest BCUT2D eigenvalue weighted by Crippen LogP contribution is 2.29. The predicted octanol–water partition coefficient (Wildman–Crippen LogP) is 2.27. The fourth-order valence-electron chi connectivity index (χ4n) is 2.21. The van der Waals surface area contributed by atoms with Gasteiger partial charge in [-0.15, -0.1) is 5.10 Å². The van der Waals surface area contributed by atoms with E-state index in [2.05, 4.69) is 30.0 Å². The monoisotopic (exact) mass is 302 g/mol. The summed E-state index contributed by atoms with van der Waals surface area (Å²) in [5.41, 5.74) is 1.48. The fraction of sp³-hybridized carbons (Fsp3) is 0.0769. The van der Waals surface area contributed by atoms with Gasteiger partial charge in [-0.25, -0.2) is 14.5 Å². The first kappa shape index (κ1) is 12.6. The van der Waals surface area contributed by atoms with Crippen molar-refractivity contribution in [1.82, 2.24) is 29.8 Å². The van der Waals surface area contributed by atoms with E-state index in [0.717, 1.165) is 0 Å². The first-order valence-corrected chi connectivity index (χ1v) is 6.31. The van der Waals surface area contributed by atoms with E-state index in [1.807, 2.05) is 0 Å². The summed E-state index contributed by atoms with van der Waals surface area (Å²) in [5, 5.41) is 11.6. The summed E-state index contributed by atoms with van der Waals surface area (Å²) in [6.07, 6.45) is 3.06. The van der Waals surface area contributed by atoms with E-state index in [4.69, 9.17) is 0 Å². The maximum absolute atomic E-state index is 12.5. The van der Waals surface area contributed by atoms with E-state index < -0.39 is 6.61 Å². The van der Waals surface area contributed by atoms with Crippen LogP contribution in [0.5, 0.6) is 5.75 Å². The lowest BCUT2D eigenvalue weighted by Gasteiger charge is -2.07. The van der Waals surface area contributed by atoms with Gasteiger partial charge < -0.3 is 4.74 Å². The van der Waals surface area contributed by atoms with Crippen molar-refractivity contribution in [3.05, 3.63) is 36.8 Å². The molecule has 0 aliphatic rings. The number of fused-ring (bicyclic) bond motifs is 3. The van der Waals surface area contributed by atoms with Gasteiger partial charge in [-0.1, -0.05) is 12.1 Å². The number of H-pyrrole nitrogens is 1. The van der Waals surface area contributed by atoms with Crippen molar-refractivity contribution < 1.29 is 13.5 Å². The van der Waals surface area contributed by atoms with E-state index >= 15 is 0 Å². The molecule has 4 aromatic rings. The molecule has 0 aliphatic heterocycles. The van der Waals surface area contributed by atoms with Gasteiger partial charge in [-0.3, -0.25) is 5.10 Å². The Morgan fingerprint density at radius 2 is 2.09 bits per heavy atom. The Morgan fingerprint density at radius 3 is 2.95 bits per heavy atom. The number of alkyl halides is 2. The molecule has 0 radical (unpaired) electrons. The van der Waals surface area contributed by atoms with E-state index in [-0.39, 0.29) is 11.6 Å². The number of halogens is 2. The van der Waals surface area contributed by atoms with Crippen molar-refractivity contribution in [2.24, 2.45) is 0 Å². The zero-order valence-corrected chi connectivity index (χ0v) is 10.9. The number of para-hydroxylation sites is 1. The van der Waals surface area contributed by atoms with Crippen LogP contribution in [0.2, 0.25) is 0 Å². The summed E-state index contributed by atoms with van der Waals surface area (Å²) < 4.78 is 31.0. The Bertz CT molecular complexity index is 963. The molecule has 0 saturated carbocycles. The smallest absolute Gasteiger partial charge is 0.387 e. The normalized spacial score (nSPS) is 11.6. The maximum atomic E-state index is 12.5. The standard InChI is InChI=1S/C13H8F2N6O/c14-13(15)22-9-4-2-1-3-7(9)11-18-12-8-5-17-19-10(8)16-6-21(12)20-11/h1-6,13H,(H,17,19). The number of aromatic nitrogens is 6. The second-order valence-electron chi connectivity index (χ2n) is 4.46. The van der Waals surface area contributed by atoms with Crippen LogP contribution < -0.4 is 4.74 Å². The van der Waals surface area contributed by atoms with Crippen molar-refractivity contribution in [1.29, 1.82) is 0 Å². The van der Waals surface area contributed by atoms with Crippen LogP contribution in [-0.2, 0) is 0 Å². The molecular weight excluding hydrogens is 294 g/mol. The number of nitrogens with one attached hydrogen (secondary N) is 1. The molecule has 4 rings (SSSR count). The second kappa shape index (κ2) is 4.72. The van der Waals surface area contributed by atoms with Crippen LogP contribution in [0, 0.1) is 0 Å². The van der Waals surface area contributed by atoms with Gasteiger partial charge in [-0.05, 0) is 12.1 Å². The summed E-state index contributed by atoms with van der Waals surface area (Å²) in [5.74, 6) is 0.288. The fourth-order valence-corrected chi connectivity index (χ4v) is 2.21. The van der Waals surface area contributed by atoms with Crippen molar-refractivity contribution in [2.45, 2.75) is 6.61 Å². The van der Waals surface area contributed by atoms with E-state index in [0.29, 0.717) is 22.2 Å². The van der Waals surface area contributed by atoms with Gasteiger partial charge >= 0.3 is 6.61 Å². The Balaban J connectivity index is 1.91. The quantitative estimate of drug-likeness (QED) is 0.628. The third-order valence-corrected chi connectivity index (χ3v) is 3.13. The summed E-state index contributed by atoms with van der Waals surface area (Å²) in [7, 11) is 0. The SMILES string of the molecule is FC(F)Oc1ccccc1-c1nc2c3cn[nH]c3ncn2n1. The molecule has 7 nitrogen and oxygen atoms in total. The average Bonchev–Trinajstić information content (AvgIpc) is 3.12. The molecule has 0 fully saturated rings. The van der Waals surface area contributed by atoms with Crippen molar-refractivity contribution in [3.8, 4) is 17.1 Å². The molecule has 0 unspecified atom stereocenters. The molecule has 22 heavy (non-hydrogen) atoms. The van der Waals surface area contributed by atoms with E-state index in [1.54, 1.807) is 24.4 Å². The van der Waals surface area contributed by atoms with Crippen molar-refractivity contribution >= 4 is 16.7 Å². The number of hydrogen-bond donors (Lipinski definition) is 1. The van der Waals surface area contributed by atoms with Crippen LogP contribution in [0.3, 0.4) is 0 Å². The largest absolute Gasteiger partial charge is 0.434 e. The molecule has 9 heteroatoms. The minimum Gasteiger partial charge on any atom is -0.434 e. The summed E-state index contributed by atoms with van der Waals surface area (Å²) in [4.78, 5) is 8.52. The van der Waals surface area contributed by atoms with Crippen LogP contribution in [0.1, 0.15) is 0 Å². The first-order chi connectivity index (χ1) is 10.7. The number of benzene rings is 1. The van der Waals surface area contributed by atoms with Crippen molar-refractivity contribution in [3.63, 3.8) is 0 Å². The van der Waals surface area contributed by atoms with E-state index in [1.165, 1.54) is 16.9 Å². The zero-order valence-electron chi connectivity index (χ0n) is 10.9. The van der Waals surface area contributed by atoms with Gasteiger partial charge in [0.2, 0.25) is 0 Å². The molecule has 0 atom stereocenters. The minimum atomic E-state index is -2.92. The third kappa shape index (κ3) is 1.94. The molecule has 1 aromatic carbocycles. The Morgan fingerprint density at radius 1 is 1.23 bits per heavy atom. The third-order valence-electron chi connectivity index (χ3n) is 3.13. The highest BCUT2D eigenvalue weighted by atomic mass is 19.3. The van der Waals surface area contributed by atoms with Crippen LogP contribution in [0.4, 0.5) is 8.78 Å². The highest BCUT2D eigenvalue weighted by Gasteiger charge is 2.16. The molecule has 0 aliphatic carbocycles. The minimum absolute atomic E-state index is 0.0183. The number of nitrogens with zero attached hydrogens (tertiary/aromatic N) is 5. The predicted molar refractivity (Wildman–Crippen MR) is 72.5 cm³/mol. The molecule has 3 aromatic heterocycles. The Hall–Kier alpha value is -3.10. The van der Waals surface area contributed by atoms with Gasteiger partial charge in [0.25, 0.3) is 0 Å². The average molecular weight is 302 g/mol. The summed E-state index contributed by atoms with van der Waals surface area (Å²) >= 11 is 0. The lowest BCUT2D eigenvalue weighted by Crippen LogP contribution is -2.03. The lowest BCUT2D eigenvalue weighted by atomic mass is 10.2. The second-order valence-corrected chi connectivity index (χ2v) is 4.46. The lowest BCUT2D eigenvalue weighted by molar-refractivity contribution is -0.0494.